The maximum Gasteiger partial charge on any atom is 0.260 e. The fourth-order valence-electron chi connectivity index (χ4n) is 2.74. The van der Waals surface area contributed by atoms with E-state index in [2.05, 4.69) is 10.6 Å². The number of rotatable bonds is 4. The van der Waals surface area contributed by atoms with Gasteiger partial charge in [-0.05, 0) is 67.5 Å². The largest absolute Gasteiger partial charge is 0.454 e. The fourth-order valence-corrected chi connectivity index (χ4v) is 3.55. The number of hydrogen-bond donors (Lipinski definition) is 2. The molecule has 0 bridgehead atoms. The summed E-state index contributed by atoms with van der Waals surface area (Å²) in [5.41, 5.74) is 1.77. The van der Waals surface area contributed by atoms with Gasteiger partial charge in [0.05, 0.1) is 15.6 Å². The zero-order valence-corrected chi connectivity index (χ0v) is 19.4. The Morgan fingerprint density at radius 3 is 2.48 bits per heavy atom. The van der Waals surface area contributed by atoms with Crippen LogP contribution >= 0.6 is 47.0 Å². The quantitative estimate of drug-likeness (QED) is 0.371. The van der Waals surface area contributed by atoms with Crippen LogP contribution in [0.3, 0.4) is 0 Å². The number of thiocarbonyl (C=S) groups is 1. The van der Waals surface area contributed by atoms with Crippen molar-refractivity contribution in [2.75, 3.05) is 5.32 Å². The monoisotopic (exact) mass is 496 g/mol. The molecule has 0 aromatic heterocycles. The van der Waals surface area contributed by atoms with Crippen molar-refractivity contribution in [2.45, 2.75) is 13.8 Å². The van der Waals surface area contributed by atoms with Crippen molar-refractivity contribution >= 4 is 63.7 Å². The average Bonchev–Trinajstić information content (AvgIpc) is 2.71. The normalized spacial score (nSPS) is 10.5. The summed E-state index contributed by atoms with van der Waals surface area (Å²) >= 11 is 23.9. The van der Waals surface area contributed by atoms with Crippen molar-refractivity contribution in [3.63, 3.8) is 0 Å². The molecule has 0 saturated heterocycles. The molecule has 3 aromatic carbocycles. The van der Waals surface area contributed by atoms with Crippen LogP contribution in [0.1, 0.15) is 21.5 Å². The fraction of sp³-hybridized carbons (Fsp3) is 0.0909. The lowest BCUT2D eigenvalue weighted by Gasteiger charge is -2.18. The van der Waals surface area contributed by atoms with Gasteiger partial charge in [-0.2, -0.15) is 0 Å². The van der Waals surface area contributed by atoms with Crippen LogP contribution in [-0.2, 0) is 0 Å². The molecule has 3 rings (SSSR count). The SMILES string of the molecule is Cc1cc(NC(=S)NC(=O)c2ccccc2F)c(C)c(Cl)c1Oc1cc(Cl)ccc1Cl. The minimum Gasteiger partial charge on any atom is -0.454 e. The number of carbonyl (C=O) groups is 1. The first-order chi connectivity index (χ1) is 14.7. The summed E-state index contributed by atoms with van der Waals surface area (Å²) in [6, 6.07) is 12.3. The van der Waals surface area contributed by atoms with Gasteiger partial charge in [-0.15, -0.1) is 0 Å². The number of ether oxygens (including phenoxy) is 1. The molecule has 0 aliphatic heterocycles. The van der Waals surface area contributed by atoms with E-state index in [1.165, 1.54) is 18.2 Å². The van der Waals surface area contributed by atoms with Crippen LogP contribution in [0.2, 0.25) is 15.1 Å². The lowest BCUT2D eigenvalue weighted by Crippen LogP contribution is -2.34. The van der Waals surface area contributed by atoms with E-state index in [4.69, 9.17) is 51.8 Å². The summed E-state index contributed by atoms with van der Waals surface area (Å²) < 4.78 is 19.7. The van der Waals surface area contributed by atoms with E-state index in [1.807, 2.05) is 0 Å². The number of nitrogens with one attached hydrogen (secondary N) is 2. The molecule has 2 N–H and O–H groups in total. The first-order valence-corrected chi connectivity index (χ1v) is 10.5. The Morgan fingerprint density at radius 1 is 1.06 bits per heavy atom. The van der Waals surface area contributed by atoms with E-state index >= 15 is 0 Å². The first-order valence-electron chi connectivity index (χ1n) is 8.97. The molecular weight excluding hydrogens is 482 g/mol. The molecule has 0 saturated carbocycles. The van der Waals surface area contributed by atoms with Gasteiger partial charge in [-0.3, -0.25) is 10.1 Å². The Kier molecular flexibility index (Phi) is 7.38. The second-order valence-corrected chi connectivity index (χ2v) is 8.20. The van der Waals surface area contributed by atoms with E-state index in [-0.39, 0.29) is 10.7 Å². The maximum atomic E-state index is 13.8. The zero-order chi connectivity index (χ0) is 22.7. The summed E-state index contributed by atoms with van der Waals surface area (Å²) in [6.45, 7) is 3.56. The van der Waals surface area contributed by atoms with Crippen molar-refractivity contribution in [3.8, 4) is 11.5 Å². The Hall–Kier alpha value is -2.38. The number of aryl methyl sites for hydroxylation is 1. The second-order valence-electron chi connectivity index (χ2n) is 6.57. The number of carbonyl (C=O) groups excluding carboxylic acids is 1. The third kappa shape index (κ3) is 5.46. The van der Waals surface area contributed by atoms with Crippen molar-refractivity contribution < 1.29 is 13.9 Å². The molecule has 0 aliphatic carbocycles. The lowest BCUT2D eigenvalue weighted by molar-refractivity contribution is 0.0974. The van der Waals surface area contributed by atoms with Crippen LogP contribution in [0, 0.1) is 19.7 Å². The topological polar surface area (TPSA) is 50.4 Å². The molecule has 4 nitrogen and oxygen atoms in total. The Morgan fingerprint density at radius 2 is 1.77 bits per heavy atom. The Bertz CT molecular complexity index is 1190. The summed E-state index contributed by atoms with van der Waals surface area (Å²) in [4.78, 5) is 12.3. The van der Waals surface area contributed by atoms with E-state index < -0.39 is 11.7 Å². The van der Waals surface area contributed by atoms with Crippen LogP contribution in [0.25, 0.3) is 0 Å². The molecule has 0 atom stereocenters. The van der Waals surface area contributed by atoms with Gasteiger partial charge in [0, 0.05) is 16.8 Å². The van der Waals surface area contributed by atoms with Gasteiger partial charge in [0.15, 0.2) is 5.11 Å². The minimum atomic E-state index is -0.661. The van der Waals surface area contributed by atoms with Crippen molar-refractivity contribution in [2.24, 2.45) is 0 Å². The zero-order valence-electron chi connectivity index (χ0n) is 16.4. The molecule has 0 aliphatic rings. The van der Waals surface area contributed by atoms with E-state index in [0.29, 0.717) is 43.4 Å². The van der Waals surface area contributed by atoms with Crippen LogP contribution < -0.4 is 15.4 Å². The number of benzene rings is 3. The number of amides is 1. The third-order valence-corrected chi connectivity index (χ3v) is 5.56. The van der Waals surface area contributed by atoms with Gasteiger partial charge < -0.3 is 10.1 Å². The predicted octanol–water partition coefficient (Wildman–Crippen LogP) is 7.32. The minimum absolute atomic E-state index is 0.00151. The smallest absolute Gasteiger partial charge is 0.260 e. The van der Waals surface area contributed by atoms with Crippen molar-refractivity contribution in [1.82, 2.24) is 5.32 Å². The van der Waals surface area contributed by atoms with Crippen LogP contribution in [-0.4, -0.2) is 11.0 Å². The third-order valence-electron chi connectivity index (χ3n) is 4.35. The highest BCUT2D eigenvalue weighted by atomic mass is 35.5. The lowest BCUT2D eigenvalue weighted by atomic mass is 10.1. The number of hydrogen-bond acceptors (Lipinski definition) is 3. The van der Waals surface area contributed by atoms with Crippen LogP contribution in [0.15, 0.2) is 48.5 Å². The molecule has 9 heteroatoms. The van der Waals surface area contributed by atoms with Gasteiger partial charge in [0.2, 0.25) is 0 Å². The van der Waals surface area contributed by atoms with Gasteiger partial charge >= 0.3 is 0 Å². The number of halogens is 4. The Labute approximate surface area is 199 Å². The van der Waals surface area contributed by atoms with E-state index in [9.17, 15) is 9.18 Å². The summed E-state index contributed by atoms with van der Waals surface area (Å²) in [6.07, 6.45) is 0. The molecule has 0 fully saturated rings. The van der Waals surface area contributed by atoms with Gasteiger partial charge in [0.1, 0.15) is 17.3 Å². The highest BCUT2D eigenvalue weighted by Crippen LogP contribution is 2.41. The molecule has 1 amide bonds. The highest BCUT2D eigenvalue weighted by Gasteiger charge is 2.18. The summed E-state index contributed by atoms with van der Waals surface area (Å²) in [5, 5.41) is 6.56. The van der Waals surface area contributed by atoms with E-state index in [0.717, 1.165) is 0 Å². The van der Waals surface area contributed by atoms with Gasteiger partial charge in [-0.1, -0.05) is 46.9 Å². The molecular formula is C22H16Cl3FN2O2S. The molecule has 160 valence electrons. The predicted molar refractivity (Wildman–Crippen MR) is 128 cm³/mol. The summed E-state index contributed by atoms with van der Waals surface area (Å²) in [5.74, 6) is -0.521. The van der Waals surface area contributed by atoms with Gasteiger partial charge in [-0.25, -0.2) is 4.39 Å². The highest BCUT2D eigenvalue weighted by molar-refractivity contribution is 7.80. The Balaban J connectivity index is 1.80. The van der Waals surface area contributed by atoms with E-state index in [1.54, 1.807) is 44.2 Å². The number of anilines is 1. The molecule has 0 radical (unpaired) electrons. The standard InChI is InChI=1S/C22H16Cl3FN2O2S/c1-11-9-17(27-22(31)28-21(29)14-5-3-4-6-16(14)26)12(2)19(25)20(11)30-18-10-13(23)7-8-15(18)24/h3-10H,1-2H3,(H2,27,28,29,31). The van der Waals surface area contributed by atoms with Gasteiger partial charge in [0.25, 0.3) is 5.91 Å². The molecule has 3 aromatic rings. The van der Waals surface area contributed by atoms with Crippen LogP contribution in [0.5, 0.6) is 11.5 Å². The molecule has 0 heterocycles. The van der Waals surface area contributed by atoms with Crippen molar-refractivity contribution in [1.29, 1.82) is 0 Å². The summed E-state index contributed by atoms with van der Waals surface area (Å²) in [7, 11) is 0. The average molecular weight is 498 g/mol. The first kappa shape index (κ1) is 23.3. The molecule has 31 heavy (non-hydrogen) atoms. The second kappa shape index (κ2) is 9.83. The van der Waals surface area contributed by atoms with Crippen molar-refractivity contribution in [3.05, 3.63) is 86.1 Å². The molecule has 0 unspecified atom stereocenters. The van der Waals surface area contributed by atoms with Crippen LogP contribution in [0.4, 0.5) is 10.1 Å². The maximum absolute atomic E-state index is 13.8. The molecule has 0 spiro atoms.